The first-order valence-corrected chi connectivity index (χ1v) is 6.31. The highest BCUT2D eigenvalue weighted by Crippen LogP contribution is 2.30. The van der Waals surface area contributed by atoms with Crippen LogP contribution in [0.25, 0.3) is 0 Å². The molecule has 9 nitrogen and oxygen atoms in total. The Balaban J connectivity index is 2.31. The van der Waals surface area contributed by atoms with E-state index in [9.17, 15) is 19.5 Å². The molecule has 1 aliphatic heterocycles. The SMILES string of the molecule is CC(=O)CO[C@@H]1[C@H](O)[C@@H](CO)O[C@H]1n1ccc(=O)[nH]c1=O. The van der Waals surface area contributed by atoms with Crippen molar-refractivity contribution in [3.63, 3.8) is 0 Å². The smallest absolute Gasteiger partial charge is 0.330 e. The molecule has 1 aromatic heterocycles. The highest BCUT2D eigenvalue weighted by atomic mass is 16.6. The fourth-order valence-corrected chi connectivity index (χ4v) is 2.11. The Labute approximate surface area is 118 Å². The van der Waals surface area contributed by atoms with Crippen LogP contribution >= 0.6 is 0 Å². The Kier molecular flexibility index (Phi) is 4.68. The second-order valence-corrected chi connectivity index (χ2v) is 4.73. The maximum Gasteiger partial charge on any atom is 0.330 e. The number of aliphatic hydroxyl groups excluding tert-OH is 2. The standard InChI is InChI=1S/C12H16N2O7/c1-6(16)5-20-10-9(18)7(4-15)21-11(10)14-3-2-8(17)13-12(14)19/h2-3,7,9-11,15,18H,4-5H2,1H3,(H,13,17,19)/t7-,9-,10-,11-/m1/s1. The number of ether oxygens (including phenoxy) is 2. The minimum Gasteiger partial charge on any atom is -0.394 e. The Morgan fingerprint density at radius 1 is 1.52 bits per heavy atom. The van der Waals surface area contributed by atoms with Crippen LogP contribution in [0.1, 0.15) is 13.2 Å². The van der Waals surface area contributed by atoms with Gasteiger partial charge in [-0.3, -0.25) is 19.1 Å². The molecule has 0 aromatic carbocycles. The first-order chi connectivity index (χ1) is 9.93. The van der Waals surface area contributed by atoms with Gasteiger partial charge in [0.15, 0.2) is 12.0 Å². The summed E-state index contributed by atoms with van der Waals surface area (Å²) in [6.45, 7) is 0.570. The molecule has 1 aromatic rings. The molecule has 9 heteroatoms. The number of ketones is 1. The van der Waals surface area contributed by atoms with Crippen LogP contribution in [0.2, 0.25) is 0 Å². The monoisotopic (exact) mass is 300 g/mol. The quantitative estimate of drug-likeness (QED) is 0.560. The lowest BCUT2D eigenvalue weighted by Crippen LogP contribution is -2.40. The molecular weight excluding hydrogens is 284 g/mol. The Bertz CT molecular complexity index is 623. The largest absolute Gasteiger partial charge is 0.394 e. The van der Waals surface area contributed by atoms with E-state index in [0.717, 1.165) is 10.6 Å². The summed E-state index contributed by atoms with van der Waals surface area (Å²) >= 11 is 0. The number of aliphatic hydroxyl groups is 2. The molecular formula is C12H16N2O7. The summed E-state index contributed by atoms with van der Waals surface area (Å²) in [7, 11) is 0. The molecule has 2 rings (SSSR count). The van der Waals surface area contributed by atoms with Crippen LogP contribution in [-0.4, -0.2) is 57.1 Å². The molecule has 0 unspecified atom stereocenters. The average molecular weight is 300 g/mol. The van der Waals surface area contributed by atoms with Crippen molar-refractivity contribution in [1.82, 2.24) is 9.55 Å². The van der Waals surface area contributed by atoms with Gasteiger partial charge in [0.2, 0.25) is 0 Å². The number of nitrogens with one attached hydrogen (secondary N) is 1. The molecule has 1 aliphatic rings. The van der Waals surface area contributed by atoms with E-state index >= 15 is 0 Å². The van der Waals surface area contributed by atoms with Gasteiger partial charge in [-0.2, -0.15) is 0 Å². The number of Topliss-reactive ketones (excluding diaryl/α,β-unsaturated/α-hetero) is 1. The van der Waals surface area contributed by atoms with Crippen molar-refractivity contribution < 1.29 is 24.5 Å². The van der Waals surface area contributed by atoms with Crippen LogP contribution in [-0.2, 0) is 14.3 Å². The van der Waals surface area contributed by atoms with Crippen molar-refractivity contribution in [2.45, 2.75) is 31.5 Å². The van der Waals surface area contributed by atoms with Crippen LogP contribution in [0.15, 0.2) is 21.9 Å². The number of nitrogens with zero attached hydrogens (tertiary/aromatic N) is 1. The van der Waals surface area contributed by atoms with E-state index in [4.69, 9.17) is 14.6 Å². The minimum atomic E-state index is -1.21. The van der Waals surface area contributed by atoms with Gasteiger partial charge in [-0.1, -0.05) is 0 Å². The van der Waals surface area contributed by atoms with Gasteiger partial charge < -0.3 is 19.7 Å². The van der Waals surface area contributed by atoms with Crippen LogP contribution in [0.4, 0.5) is 0 Å². The predicted octanol–water partition coefficient (Wildman–Crippen LogP) is -2.24. The number of aromatic amines is 1. The Morgan fingerprint density at radius 3 is 2.81 bits per heavy atom. The van der Waals surface area contributed by atoms with Crippen molar-refractivity contribution >= 4 is 5.78 Å². The fraction of sp³-hybridized carbons (Fsp3) is 0.583. The van der Waals surface area contributed by atoms with E-state index in [2.05, 4.69) is 4.98 Å². The molecule has 0 radical (unpaired) electrons. The number of hydrogen-bond donors (Lipinski definition) is 3. The van der Waals surface area contributed by atoms with Crippen LogP contribution in [0, 0.1) is 0 Å². The summed E-state index contributed by atoms with van der Waals surface area (Å²) in [6.07, 6.45) is -3.04. The molecule has 2 heterocycles. The molecule has 0 aliphatic carbocycles. The highest BCUT2D eigenvalue weighted by Gasteiger charge is 2.45. The Hall–Kier alpha value is -1.81. The molecule has 0 bridgehead atoms. The zero-order valence-corrected chi connectivity index (χ0v) is 11.3. The van der Waals surface area contributed by atoms with Gasteiger partial charge in [-0.15, -0.1) is 0 Å². The zero-order valence-electron chi connectivity index (χ0n) is 11.3. The number of H-pyrrole nitrogens is 1. The topological polar surface area (TPSA) is 131 Å². The van der Waals surface area contributed by atoms with Crippen LogP contribution in [0.3, 0.4) is 0 Å². The van der Waals surface area contributed by atoms with Crippen LogP contribution < -0.4 is 11.2 Å². The van der Waals surface area contributed by atoms with Crippen molar-refractivity contribution in [2.75, 3.05) is 13.2 Å². The molecule has 4 atom stereocenters. The maximum atomic E-state index is 11.8. The maximum absolute atomic E-state index is 11.8. The van der Waals surface area contributed by atoms with E-state index in [1.165, 1.54) is 13.1 Å². The predicted molar refractivity (Wildman–Crippen MR) is 68.7 cm³/mol. The summed E-state index contributed by atoms with van der Waals surface area (Å²) in [5.74, 6) is -0.262. The van der Waals surface area contributed by atoms with Gasteiger partial charge in [0, 0.05) is 12.3 Å². The summed E-state index contributed by atoms with van der Waals surface area (Å²) < 4.78 is 11.7. The first kappa shape index (κ1) is 15.6. The number of carbonyl (C=O) groups is 1. The van der Waals surface area contributed by atoms with Gasteiger partial charge >= 0.3 is 5.69 Å². The molecule has 1 saturated heterocycles. The van der Waals surface area contributed by atoms with Crippen molar-refractivity contribution in [2.24, 2.45) is 0 Å². The molecule has 1 fully saturated rings. The molecule has 0 saturated carbocycles. The molecule has 3 N–H and O–H groups in total. The zero-order chi connectivity index (χ0) is 15.6. The molecule has 21 heavy (non-hydrogen) atoms. The van der Waals surface area contributed by atoms with E-state index in [1.807, 2.05) is 0 Å². The normalized spacial score (nSPS) is 28.7. The number of aromatic nitrogens is 2. The first-order valence-electron chi connectivity index (χ1n) is 6.31. The third-order valence-corrected chi connectivity index (χ3v) is 3.10. The number of rotatable bonds is 5. The summed E-state index contributed by atoms with van der Waals surface area (Å²) in [5.41, 5.74) is -1.32. The van der Waals surface area contributed by atoms with Crippen molar-refractivity contribution in [1.29, 1.82) is 0 Å². The summed E-state index contributed by atoms with van der Waals surface area (Å²) in [5, 5.41) is 19.2. The summed E-state index contributed by atoms with van der Waals surface area (Å²) in [4.78, 5) is 35.9. The van der Waals surface area contributed by atoms with Gasteiger partial charge in [-0.25, -0.2) is 4.79 Å². The van der Waals surface area contributed by atoms with Gasteiger partial charge in [-0.05, 0) is 6.92 Å². The minimum absolute atomic E-state index is 0.262. The van der Waals surface area contributed by atoms with E-state index in [-0.39, 0.29) is 12.4 Å². The number of carbonyl (C=O) groups excluding carboxylic acids is 1. The van der Waals surface area contributed by atoms with Gasteiger partial charge in [0.05, 0.1) is 6.61 Å². The van der Waals surface area contributed by atoms with Gasteiger partial charge in [0.1, 0.15) is 24.9 Å². The van der Waals surface area contributed by atoms with Crippen LogP contribution in [0.5, 0.6) is 0 Å². The van der Waals surface area contributed by atoms with E-state index in [1.54, 1.807) is 0 Å². The second kappa shape index (κ2) is 6.31. The summed E-state index contributed by atoms with van der Waals surface area (Å²) in [6, 6.07) is 1.12. The molecule has 0 amide bonds. The fourth-order valence-electron chi connectivity index (χ4n) is 2.11. The highest BCUT2D eigenvalue weighted by molar-refractivity contribution is 5.76. The Morgan fingerprint density at radius 2 is 2.24 bits per heavy atom. The van der Waals surface area contributed by atoms with Crippen molar-refractivity contribution in [3.05, 3.63) is 33.1 Å². The third-order valence-electron chi connectivity index (χ3n) is 3.10. The lowest BCUT2D eigenvalue weighted by molar-refractivity contribution is -0.128. The van der Waals surface area contributed by atoms with Crippen molar-refractivity contribution in [3.8, 4) is 0 Å². The molecule has 116 valence electrons. The molecule has 0 spiro atoms. The van der Waals surface area contributed by atoms with E-state index < -0.39 is 42.4 Å². The van der Waals surface area contributed by atoms with E-state index in [0.29, 0.717) is 0 Å². The number of hydrogen-bond acceptors (Lipinski definition) is 7. The lowest BCUT2D eigenvalue weighted by atomic mass is 10.1. The second-order valence-electron chi connectivity index (χ2n) is 4.73. The van der Waals surface area contributed by atoms with Gasteiger partial charge in [0.25, 0.3) is 5.56 Å². The average Bonchev–Trinajstić information content (AvgIpc) is 2.73. The lowest BCUT2D eigenvalue weighted by Gasteiger charge is -2.21. The third kappa shape index (κ3) is 3.27.